The van der Waals surface area contributed by atoms with E-state index < -0.39 is 0 Å². The van der Waals surface area contributed by atoms with E-state index in [1.165, 1.54) is 5.56 Å². The van der Waals surface area contributed by atoms with Crippen LogP contribution in [0.3, 0.4) is 0 Å². The summed E-state index contributed by atoms with van der Waals surface area (Å²) in [5.74, 6) is -0.0120. The van der Waals surface area contributed by atoms with Gasteiger partial charge < -0.3 is 15.4 Å². The summed E-state index contributed by atoms with van der Waals surface area (Å²) in [7, 11) is 0. The van der Waals surface area contributed by atoms with E-state index >= 15 is 0 Å². The summed E-state index contributed by atoms with van der Waals surface area (Å²) in [6, 6.07) is 16.0. The van der Waals surface area contributed by atoms with Crippen molar-refractivity contribution < 1.29 is 9.53 Å². The maximum absolute atomic E-state index is 12.3. The highest BCUT2D eigenvalue weighted by atomic mass is 35.5. The smallest absolute Gasteiger partial charge is 0.234 e. The minimum atomic E-state index is -0.0120. The molecule has 0 spiro atoms. The molecule has 1 aliphatic rings. The summed E-state index contributed by atoms with van der Waals surface area (Å²) < 4.78 is 5.42. The fourth-order valence-corrected chi connectivity index (χ4v) is 3.38. The molecule has 1 saturated heterocycles. The lowest BCUT2D eigenvalue weighted by Gasteiger charge is -2.27. The van der Waals surface area contributed by atoms with Gasteiger partial charge >= 0.3 is 0 Å². The van der Waals surface area contributed by atoms with Crippen molar-refractivity contribution in [2.75, 3.05) is 32.8 Å². The molecule has 2 aromatic carbocycles. The number of carbonyl (C=O) groups is 1. The van der Waals surface area contributed by atoms with Crippen molar-refractivity contribution in [3.63, 3.8) is 0 Å². The molecule has 1 aliphatic heterocycles. The number of hydrogen-bond acceptors (Lipinski definition) is 4. The molecule has 0 unspecified atom stereocenters. The molecule has 0 radical (unpaired) electrons. The predicted molar refractivity (Wildman–Crippen MR) is 112 cm³/mol. The van der Waals surface area contributed by atoms with Gasteiger partial charge in [0.15, 0.2) is 0 Å². The number of nitrogens with one attached hydrogen (secondary N) is 2. The fraction of sp³-hybridized carbons (Fsp3) is 0.409. The Kier molecular flexibility index (Phi) is 7.86. The monoisotopic (exact) mass is 401 g/mol. The van der Waals surface area contributed by atoms with E-state index in [-0.39, 0.29) is 18.5 Å². The number of carbonyl (C=O) groups excluding carboxylic acids is 1. The zero-order valence-electron chi connectivity index (χ0n) is 16.3. The number of benzene rings is 2. The topological polar surface area (TPSA) is 53.6 Å². The average molecular weight is 402 g/mol. The normalized spacial score (nSPS) is 15.9. The molecular formula is C22H28ClN3O2. The first-order valence-corrected chi connectivity index (χ1v) is 10.1. The zero-order valence-corrected chi connectivity index (χ0v) is 17.0. The van der Waals surface area contributed by atoms with Crippen LogP contribution in [0.5, 0.6) is 0 Å². The maximum Gasteiger partial charge on any atom is 0.234 e. The van der Waals surface area contributed by atoms with Gasteiger partial charge in [-0.3, -0.25) is 9.69 Å². The second kappa shape index (κ2) is 10.6. The number of morpholine rings is 1. The van der Waals surface area contributed by atoms with Gasteiger partial charge in [-0.15, -0.1) is 0 Å². The third-order valence-electron chi connectivity index (χ3n) is 5.03. The quantitative estimate of drug-likeness (QED) is 0.713. The van der Waals surface area contributed by atoms with Gasteiger partial charge in [0, 0.05) is 37.2 Å². The molecule has 2 N–H and O–H groups in total. The van der Waals surface area contributed by atoms with Gasteiger partial charge in [0.2, 0.25) is 5.91 Å². The van der Waals surface area contributed by atoms with Crippen LogP contribution < -0.4 is 10.6 Å². The Morgan fingerprint density at radius 1 is 1.11 bits per heavy atom. The maximum atomic E-state index is 12.3. The van der Waals surface area contributed by atoms with E-state index in [1.807, 2.05) is 37.3 Å². The third-order valence-corrected chi connectivity index (χ3v) is 5.28. The molecule has 5 nitrogen and oxygen atoms in total. The van der Waals surface area contributed by atoms with E-state index in [0.29, 0.717) is 11.6 Å². The lowest BCUT2D eigenvalue weighted by atomic mass is 10.1. The molecule has 2 aromatic rings. The van der Waals surface area contributed by atoms with Crippen LogP contribution in [0.2, 0.25) is 5.02 Å². The van der Waals surface area contributed by atoms with E-state index in [4.69, 9.17) is 16.3 Å². The van der Waals surface area contributed by atoms with Gasteiger partial charge in [0.25, 0.3) is 0 Å². The number of hydrogen-bond donors (Lipinski definition) is 2. The van der Waals surface area contributed by atoms with Crippen LogP contribution in [-0.2, 0) is 22.6 Å². The fourth-order valence-electron chi connectivity index (χ4n) is 3.26. The van der Waals surface area contributed by atoms with Gasteiger partial charge in [-0.1, -0.05) is 48.0 Å². The average Bonchev–Trinajstić information content (AvgIpc) is 2.72. The molecule has 1 amide bonds. The third kappa shape index (κ3) is 6.31. The molecule has 28 heavy (non-hydrogen) atoms. The Labute approximate surface area is 172 Å². The molecule has 6 heteroatoms. The Hall–Kier alpha value is -1.92. The second-order valence-corrected chi connectivity index (χ2v) is 7.52. The molecule has 3 rings (SSSR count). The summed E-state index contributed by atoms with van der Waals surface area (Å²) in [6.45, 7) is 7.22. The van der Waals surface area contributed by atoms with Crippen molar-refractivity contribution in [3.05, 3.63) is 70.2 Å². The summed E-state index contributed by atoms with van der Waals surface area (Å²) in [6.07, 6.45) is 0. The van der Waals surface area contributed by atoms with E-state index in [9.17, 15) is 4.79 Å². The molecule has 0 aliphatic carbocycles. The van der Waals surface area contributed by atoms with Crippen LogP contribution in [-0.4, -0.2) is 43.7 Å². The van der Waals surface area contributed by atoms with Crippen LogP contribution in [0, 0.1) is 0 Å². The number of nitrogens with zero attached hydrogens (tertiary/aromatic N) is 1. The standard InChI is InChI=1S/C22H28ClN3O2/c1-17(18-6-8-21(23)9-7-18)24-15-22(27)25-14-19-4-2-3-5-20(19)16-26-10-12-28-13-11-26/h2-9,17,24H,10-16H2,1H3,(H,25,27)/t17-/m0/s1. The summed E-state index contributed by atoms with van der Waals surface area (Å²) in [5, 5.41) is 7.00. The SMILES string of the molecule is C[C@H](NCC(=O)NCc1ccccc1CN1CCOCC1)c1ccc(Cl)cc1. The van der Waals surface area contributed by atoms with Crippen molar-refractivity contribution in [2.24, 2.45) is 0 Å². The Bertz CT molecular complexity index is 761. The lowest BCUT2D eigenvalue weighted by Crippen LogP contribution is -2.36. The van der Waals surface area contributed by atoms with Gasteiger partial charge in [0.05, 0.1) is 19.8 Å². The van der Waals surface area contributed by atoms with Crippen LogP contribution in [0.25, 0.3) is 0 Å². The molecule has 1 fully saturated rings. The molecule has 0 aromatic heterocycles. The molecular weight excluding hydrogens is 374 g/mol. The Morgan fingerprint density at radius 3 is 2.50 bits per heavy atom. The summed E-state index contributed by atoms with van der Waals surface area (Å²) in [4.78, 5) is 14.7. The zero-order chi connectivity index (χ0) is 19.8. The Morgan fingerprint density at radius 2 is 1.79 bits per heavy atom. The number of ether oxygens (including phenoxy) is 1. The van der Waals surface area contributed by atoms with Crippen LogP contribution >= 0.6 is 11.6 Å². The highest BCUT2D eigenvalue weighted by Crippen LogP contribution is 2.16. The van der Waals surface area contributed by atoms with Crippen molar-refractivity contribution in [1.29, 1.82) is 0 Å². The van der Waals surface area contributed by atoms with Crippen molar-refractivity contribution in [2.45, 2.75) is 26.1 Å². The van der Waals surface area contributed by atoms with Crippen LogP contribution in [0.1, 0.15) is 29.7 Å². The minimum Gasteiger partial charge on any atom is -0.379 e. The van der Waals surface area contributed by atoms with E-state index in [0.717, 1.165) is 44.0 Å². The van der Waals surface area contributed by atoms with Gasteiger partial charge in [-0.05, 0) is 35.7 Å². The van der Waals surface area contributed by atoms with Crippen LogP contribution in [0.4, 0.5) is 0 Å². The van der Waals surface area contributed by atoms with Crippen molar-refractivity contribution in [1.82, 2.24) is 15.5 Å². The largest absolute Gasteiger partial charge is 0.379 e. The minimum absolute atomic E-state index is 0.0120. The van der Waals surface area contributed by atoms with Gasteiger partial charge in [0.1, 0.15) is 0 Å². The molecule has 150 valence electrons. The molecule has 1 atom stereocenters. The molecule has 0 saturated carbocycles. The molecule has 0 bridgehead atoms. The number of amides is 1. The first-order chi connectivity index (χ1) is 13.6. The highest BCUT2D eigenvalue weighted by Gasteiger charge is 2.13. The second-order valence-electron chi connectivity index (χ2n) is 7.09. The highest BCUT2D eigenvalue weighted by molar-refractivity contribution is 6.30. The Balaban J connectivity index is 1.47. The van der Waals surface area contributed by atoms with Gasteiger partial charge in [-0.25, -0.2) is 0 Å². The summed E-state index contributed by atoms with van der Waals surface area (Å²) >= 11 is 5.92. The van der Waals surface area contributed by atoms with E-state index in [2.05, 4.69) is 33.7 Å². The number of halogens is 1. The van der Waals surface area contributed by atoms with Gasteiger partial charge in [-0.2, -0.15) is 0 Å². The first kappa shape index (κ1) is 20.8. The first-order valence-electron chi connectivity index (χ1n) is 9.74. The summed E-state index contributed by atoms with van der Waals surface area (Å²) in [5.41, 5.74) is 3.52. The predicted octanol–water partition coefficient (Wildman–Crippen LogP) is 3.14. The van der Waals surface area contributed by atoms with E-state index in [1.54, 1.807) is 0 Å². The van der Waals surface area contributed by atoms with Crippen LogP contribution in [0.15, 0.2) is 48.5 Å². The van der Waals surface area contributed by atoms with Crippen molar-refractivity contribution in [3.8, 4) is 0 Å². The number of rotatable bonds is 8. The van der Waals surface area contributed by atoms with Crippen molar-refractivity contribution >= 4 is 17.5 Å². The lowest BCUT2D eigenvalue weighted by molar-refractivity contribution is -0.120. The molecule has 1 heterocycles.